The molecule has 0 bridgehead atoms. The van der Waals surface area contributed by atoms with Gasteiger partial charge in [0.15, 0.2) is 0 Å². The molecule has 2 N–H and O–H groups in total. The maximum atomic E-state index is 12.6. The third kappa shape index (κ3) is 6.08. The number of nitrogens with zero attached hydrogens (tertiary/aromatic N) is 3. The number of nitrogens with one attached hydrogen (secondary N) is 2. The van der Waals surface area contributed by atoms with Crippen LogP contribution in [0.5, 0.6) is 0 Å². The van der Waals surface area contributed by atoms with Crippen molar-refractivity contribution in [3.05, 3.63) is 36.0 Å². The maximum absolute atomic E-state index is 12.6. The lowest BCUT2D eigenvalue weighted by molar-refractivity contribution is -0.133. The van der Waals surface area contributed by atoms with E-state index in [2.05, 4.69) is 32.2 Å². The molecule has 7 nitrogen and oxygen atoms in total. The van der Waals surface area contributed by atoms with Gasteiger partial charge in [-0.2, -0.15) is 0 Å². The molecule has 2 aliphatic heterocycles. The molecule has 0 saturated carbocycles. The topological polar surface area (TPSA) is 71.7 Å². The number of hydrogen-bond acceptors (Lipinski definition) is 4. The van der Waals surface area contributed by atoms with Crippen LogP contribution in [0.4, 0.5) is 0 Å². The second kappa shape index (κ2) is 10.8. The summed E-state index contributed by atoms with van der Waals surface area (Å²) in [6.45, 7) is 6.79. The zero-order chi connectivity index (χ0) is 21.5. The molecule has 0 spiro atoms. The van der Waals surface area contributed by atoms with E-state index in [0.717, 1.165) is 64.0 Å². The molecule has 2 fully saturated rings. The minimum Gasteiger partial charge on any atom is -0.361 e. The Balaban J connectivity index is 1.13. The van der Waals surface area contributed by atoms with Crippen LogP contribution in [-0.4, -0.2) is 90.4 Å². The third-order valence-corrected chi connectivity index (χ3v) is 6.54. The minimum absolute atomic E-state index is 0.0777. The molecule has 3 heterocycles. The number of aromatic nitrogens is 1. The Bertz CT molecular complexity index is 864. The molecule has 2 aromatic rings. The molecule has 0 aliphatic carbocycles. The highest BCUT2D eigenvalue weighted by molar-refractivity contribution is 5.83. The minimum atomic E-state index is 0.0777. The van der Waals surface area contributed by atoms with Crippen molar-refractivity contribution < 1.29 is 9.59 Å². The first kappa shape index (κ1) is 21.8. The van der Waals surface area contributed by atoms with Gasteiger partial charge in [0.1, 0.15) is 0 Å². The van der Waals surface area contributed by atoms with Crippen LogP contribution >= 0.6 is 0 Å². The van der Waals surface area contributed by atoms with Crippen molar-refractivity contribution in [2.75, 3.05) is 58.9 Å². The summed E-state index contributed by atoms with van der Waals surface area (Å²) in [5.74, 6) is 0.347. The Morgan fingerprint density at radius 3 is 2.29 bits per heavy atom. The van der Waals surface area contributed by atoms with Gasteiger partial charge >= 0.3 is 0 Å². The SMILES string of the molecule is O=C(CN1CCN(CC(=O)N2CCCCCC2)CC1)NCCc1c[nH]c2ccccc12. The van der Waals surface area contributed by atoms with Gasteiger partial charge in [0, 0.05) is 62.9 Å². The first-order valence-corrected chi connectivity index (χ1v) is 11.7. The molecule has 7 heteroatoms. The zero-order valence-corrected chi connectivity index (χ0v) is 18.4. The number of aromatic amines is 1. The maximum Gasteiger partial charge on any atom is 0.236 e. The fourth-order valence-electron chi connectivity index (χ4n) is 4.65. The summed E-state index contributed by atoms with van der Waals surface area (Å²) in [6.07, 6.45) is 7.60. The smallest absolute Gasteiger partial charge is 0.236 e. The predicted octanol–water partition coefficient (Wildman–Crippen LogP) is 1.85. The Morgan fingerprint density at radius 1 is 0.871 bits per heavy atom. The molecule has 1 aromatic heterocycles. The van der Waals surface area contributed by atoms with Gasteiger partial charge in [-0.1, -0.05) is 31.0 Å². The lowest BCUT2D eigenvalue weighted by atomic mass is 10.1. The summed E-state index contributed by atoms with van der Waals surface area (Å²) in [6, 6.07) is 8.24. The highest BCUT2D eigenvalue weighted by atomic mass is 16.2. The summed E-state index contributed by atoms with van der Waals surface area (Å²) in [7, 11) is 0. The van der Waals surface area contributed by atoms with E-state index in [1.807, 2.05) is 23.2 Å². The summed E-state index contributed by atoms with van der Waals surface area (Å²) in [5.41, 5.74) is 2.37. The first-order chi connectivity index (χ1) is 15.2. The number of carbonyl (C=O) groups excluding carboxylic acids is 2. The highest BCUT2D eigenvalue weighted by Gasteiger charge is 2.23. The number of amides is 2. The van der Waals surface area contributed by atoms with E-state index in [0.29, 0.717) is 19.6 Å². The number of likely N-dealkylation sites (tertiary alicyclic amines) is 1. The van der Waals surface area contributed by atoms with Crippen molar-refractivity contribution in [1.82, 2.24) is 25.0 Å². The van der Waals surface area contributed by atoms with Crippen LogP contribution in [-0.2, 0) is 16.0 Å². The lowest BCUT2D eigenvalue weighted by Gasteiger charge is -2.35. The largest absolute Gasteiger partial charge is 0.361 e. The fourth-order valence-corrected chi connectivity index (χ4v) is 4.65. The second-order valence-corrected chi connectivity index (χ2v) is 8.81. The standard InChI is InChI=1S/C24H35N5O2/c30-23(25-10-9-20-17-26-22-8-4-3-7-21(20)22)18-27-13-15-28(16-14-27)19-24(31)29-11-5-1-2-6-12-29/h3-4,7-8,17,26H,1-2,5-6,9-16,18-19H2,(H,25,30). The molecule has 2 amide bonds. The van der Waals surface area contributed by atoms with E-state index in [-0.39, 0.29) is 11.8 Å². The van der Waals surface area contributed by atoms with Gasteiger partial charge < -0.3 is 15.2 Å². The van der Waals surface area contributed by atoms with E-state index in [1.54, 1.807) is 0 Å². The van der Waals surface area contributed by atoms with Crippen LogP contribution in [0.2, 0.25) is 0 Å². The summed E-state index contributed by atoms with van der Waals surface area (Å²) < 4.78 is 0. The summed E-state index contributed by atoms with van der Waals surface area (Å²) in [5, 5.41) is 4.28. The molecule has 0 atom stereocenters. The average molecular weight is 426 g/mol. The van der Waals surface area contributed by atoms with Crippen LogP contribution in [0, 0.1) is 0 Å². The third-order valence-electron chi connectivity index (χ3n) is 6.54. The van der Waals surface area contributed by atoms with E-state index in [4.69, 9.17) is 0 Å². The van der Waals surface area contributed by atoms with Gasteiger partial charge in [0.25, 0.3) is 0 Å². The molecule has 168 valence electrons. The Morgan fingerprint density at radius 2 is 1.55 bits per heavy atom. The van der Waals surface area contributed by atoms with Crippen molar-refractivity contribution in [3.8, 4) is 0 Å². The molecule has 4 rings (SSSR count). The van der Waals surface area contributed by atoms with Crippen LogP contribution in [0.3, 0.4) is 0 Å². The van der Waals surface area contributed by atoms with Crippen molar-refractivity contribution in [2.24, 2.45) is 0 Å². The van der Waals surface area contributed by atoms with E-state index in [9.17, 15) is 9.59 Å². The number of hydrogen-bond donors (Lipinski definition) is 2. The normalized spacial score (nSPS) is 18.8. The molecular formula is C24H35N5O2. The lowest BCUT2D eigenvalue weighted by Crippen LogP contribution is -2.52. The van der Waals surface area contributed by atoms with Gasteiger partial charge in [0.2, 0.25) is 11.8 Å². The number of para-hydroxylation sites is 1. The second-order valence-electron chi connectivity index (χ2n) is 8.81. The summed E-state index contributed by atoms with van der Waals surface area (Å²) >= 11 is 0. The number of piperazine rings is 1. The van der Waals surface area contributed by atoms with Crippen LogP contribution < -0.4 is 5.32 Å². The van der Waals surface area contributed by atoms with Crippen LogP contribution in [0.25, 0.3) is 10.9 Å². The number of benzene rings is 1. The van der Waals surface area contributed by atoms with Crippen molar-refractivity contribution in [1.29, 1.82) is 0 Å². The van der Waals surface area contributed by atoms with E-state index < -0.39 is 0 Å². The number of H-pyrrole nitrogens is 1. The van der Waals surface area contributed by atoms with Crippen molar-refractivity contribution >= 4 is 22.7 Å². The van der Waals surface area contributed by atoms with Gasteiger partial charge in [-0.15, -0.1) is 0 Å². The number of carbonyl (C=O) groups is 2. The van der Waals surface area contributed by atoms with Crippen molar-refractivity contribution in [3.63, 3.8) is 0 Å². The Kier molecular flexibility index (Phi) is 7.59. The summed E-state index contributed by atoms with van der Waals surface area (Å²) in [4.78, 5) is 34.7. The van der Waals surface area contributed by atoms with Gasteiger partial charge in [0.05, 0.1) is 13.1 Å². The Hall–Kier alpha value is -2.38. The molecule has 2 saturated heterocycles. The average Bonchev–Trinajstić information content (AvgIpc) is 2.99. The molecular weight excluding hydrogens is 390 g/mol. The van der Waals surface area contributed by atoms with Gasteiger partial charge in [-0.25, -0.2) is 0 Å². The molecule has 2 aliphatic rings. The van der Waals surface area contributed by atoms with Gasteiger partial charge in [-0.05, 0) is 30.9 Å². The molecule has 31 heavy (non-hydrogen) atoms. The number of fused-ring (bicyclic) bond motifs is 1. The first-order valence-electron chi connectivity index (χ1n) is 11.7. The predicted molar refractivity (Wildman–Crippen MR) is 123 cm³/mol. The quantitative estimate of drug-likeness (QED) is 0.710. The van der Waals surface area contributed by atoms with E-state index in [1.165, 1.54) is 23.8 Å². The van der Waals surface area contributed by atoms with Crippen LogP contribution in [0.15, 0.2) is 30.5 Å². The molecule has 1 aromatic carbocycles. The highest BCUT2D eigenvalue weighted by Crippen LogP contribution is 2.17. The van der Waals surface area contributed by atoms with Crippen LogP contribution in [0.1, 0.15) is 31.2 Å². The zero-order valence-electron chi connectivity index (χ0n) is 18.4. The van der Waals surface area contributed by atoms with E-state index >= 15 is 0 Å². The van der Waals surface area contributed by atoms with Crippen molar-refractivity contribution in [2.45, 2.75) is 32.1 Å². The monoisotopic (exact) mass is 425 g/mol. The Labute approximate surface area is 184 Å². The number of rotatable bonds is 7. The van der Waals surface area contributed by atoms with Gasteiger partial charge in [-0.3, -0.25) is 19.4 Å². The molecule has 0 unspecified atom stereocenters. The molecule has 0 radical (unpaired) electrons. The fraction of sp³-hybridized carbons (Fsp3) is 0.583.